The monoisotopic (exact) mass is 473 g/mol. The molecule has 34 heavy (non-hydrogen) atoms. The second-order valence-corrected chi connectivity index (χ2v) is 8.84. The molecule has 0 aliphatic heterocycles. The van der Waals surface area contributed by atoms with E-state index in [2.05, 4.69) is 10.3 Å². The Kier molecular flexibility index (Phi) is 5.67. The molecule has 6 nitrogen and oxygen atoms in total. The number of nitrogens with one attached hydrogen (secondary N) is 1. The lowest BCUT2D eigenvalue weighted by atomic mass is 10.1. The molecule has 1 amide bonds. The molecule has 2 aromatic heterocycles. The minimum Gasteiger partial charge on any atom is -0.448 e. The van der Waals surface area contributed by atoms with Crippen molar-refractivity contribution in [2.75, 3.05) is 11.1 Å². The number of hydrogen-bond donors (Lipinski definition) is 1. The number of thioether (sulfide) groups is 1. The largest absolute Gasteiger partial charge is 0.448 e. The first-order chi connectivity index (χ1) is 16.4. The summed E-state index contributed by atoms with van der Waals surface area (Å²) in [4.78, 5) is 30.7. The van der Waals surface area contributed by atoms with E-state index in [1.54, 1.807) is 24.3 Å². The summed E-state index contributed by atoms with van der Waals surface area (Å²) in [7, 11) is 0. The van der Waals surface area contributed by atoms with Gasteiger partial charge in [0.2, 0.25) is 11.5 Å². The third-order valence-corrected chi connectivity index (χ3v) is 6.52. The van der Waals surface area contributed by atoms with Crippen LogP contribution in [0, 0.1) is 19.7 Å². The van der Waals surface area contributed by atoms with Crippen LogP contribution >= 0.6 is 11.8 Å². The third kappa shape index (κ3) is 3.97. The molecule has 0 aliphatic rings. The Morgan fingerprint density at radius 3 is 2.62 bits per heavy atom. The molecule has 1 N–H and O–H groups in total. The van der Waals surface area contributed by atoms with Crippen LogP contribution < -0.4 is 10.9 Å². The summed E-state index contributed by atoms with van der Waals surface area (Å²) in [5.41, 5.74) is 3.31. The number of fused-ring (bicyclic) bond motifs is 3. The summed E-state index contributed by atoms with van der Waals surface area (Å²) in [6.07, 6.45) is 0. The molecular formula is C26H20FN3O3S. The number of aryl methyl sites for hydroxylation is 2. The van der Waals surface area contributed by atoms with Crippen molar-refractivity contribution < 1.29 is 13.6 Å². The third-order valence-electron chi connectivity index (χ3n) is 5.58. The molecule has 0 atom stereocenters. The molecule has 2 heterocycles. The van der Waals surface area contributed by atoms with Gasteiger partial charge in [0.05, 0.1) is 11.4 Å². The number of amides is 1. The van der Waals surface area contributed by atoms with Crippen molar-refractivity contribution in [3.63, 3.8) is 0 Å². The number of aromatic nitrogens is 2. The topological polar surface area (TPSA) is 77.1 Å². The van der Waals surface area contributed by atoms with Gasteiger partial charge < -0.3 is 9.73 Å². The number of rotatable bonds is 5. The maximum absolute atomic E-state index is 14.7. The number of carbonyl (C=O) groups is 1. The zero-order valence-electron chi connectivity index (χ0n) is 18.5. The van der Waals surface area contributed by atoms with Gasteiger partial charge in [0.15, 0.2) is 5.16 Å². The summed E-state index contributed by atoms with van der Waals surface area (Å²) in [5, 5.41) is 3.74. The molecule has 0 bridgehead atoms. The van der Waals surface area contributed by atoms with E-state index in [-0.39, 0.29) is 28.1 Å². The van der Waals surface area contributed by atoms with Gasteiger partial charge in [-0.3, -0.25) is 9.59 Å². The summed E-state index contributed by atoms with van der Waals surface area (Å²) >= 11 is 1.06. The van der Waals surface area contributed by atoms with Crippen molar-refractivity contribution >= 4 is 45.4 Å². The van der Waals surface area contributed by atoms with E-state index in [1.807, 2.05) is 44.2 Å². The van der Waals surface area contributed by atoms with Crippen LogP contribution in [0.1, 0.15) is 11.1 Å². The number of anilines is 1. The van der Waals surface area contributed by atoms with Gasteiger partial charge in [0, 0.05) is 11.1 Å². The number of para-hydroxylation sites is 2. The number of carbonyl (C=O) groups excluding carboxylic acids is 1. The molecular weight excluding hydrogens is 453 g/mol. The Bertz CT molecular complexity index is 1620. The molecule has 3 aromatic carbocycles. The Morgan fingerprint density at radius 1 is 1.06 bits per heavy atom. The van der Waals surface area contributed by atoms with E-state index in [0.717, 1.165) is 27.5 Å². The number of hydrogen-bond acceptors (Lipinski definition) is 5. The van der Waals surface area contributed by atoms with Gasteiger partial charge in [0.25, 0.3) is 0 Å². The van der Waals surface area contributed by atoms with E-state index < -0.39 is 11.4 Å². The Morgan fingerprint density at radius 2 is 1.82 bits per heavy atom. The van der Waals surface area contributed by atoms with Crippen molar-refractivity contribution in [2.24, 2.45) is 0 Å². The quantitative estimate of drug-likeness (QED) is 0.265. The van der Waals surface area contributed by atoms with Crippen molar-refractivity contribution in [2.45, 2.75) is 19.0 Å². The fourth-order valence-corrected chi connectivity index (χ4v) is 4.51. The fourth-order valence-electron chi connectivity index (χ4n) is 3.71. The van der Waals surface area contributed by atoms with Crippen LogP contribution in [0.5, 0.6) is 0 Å². The Labute approximate surface area is 198 Å². The standard InChI is InChI=1S/C26H20FN3O3S/c1-15-11-12-17(13-16(15)2)28-22(31)14-34-26-29-23-18-7-3-6-10-21(18)33-24(23)25(32)30(26)20-9-5-4-8-19(20)27/h3-13H,14H2,1-2H3,(H,28,31). The summed E-state index contributed by atoms with van der Waals surface area (Å²) in [6, 6.07) is 18.8. The van der Waals surface area contributed by atoms with Crippen LogP contribution in [-0.4, -0.2) is 21.2 Å². The second kappa shape index (κ2) is 8.79. The molecule has 170 valence electrons. The molecule has 0 spiro atoms. The van der Waals surface area contributed by atoms with Gasteiger partial charge in [-0.15, -0.1) is 0 Å². The Hall–Kier alpha value is -3.91. The number of benzene rings is 3. The lowest BCUT2D eigenvalue weighted by molar-refractivity contribution is -0.113. The van der Waals surface area contributed by atoms with E-state index in [4.69, 9.17) is 4.42 Å². The molecule has 8 heteroatoms. The SMILES string of the molecule is Cc1ccc(NC(=O)CSc2nc3c(oc4ccccc43)c(=O)n2-c2ccccc2F)cc1C. The van der Waals surface area contributed by atoms with Gasteiger partial charge in [-0.1, -0.05) is 42.1 Å². The van der Waals surface area contributed by atoms with Crippen LogP contribution in [0.2, 0.25) is 0 Å². The second-order valence-electron chi connectivity index (χ2n) is 7.90. The van der Waals surface area contributed by atoms with E-state index in [9.17, 15) is 14.0 Å². The number of nitrogens with zero attached hydrogens (tertiary/aromatic N) is 2. The van der Waals surface area contributed by atoms with Gasteiger partial charge >= 0.3 is 5.56 Å². The minimum absolute atomic E-state index is 0.0187. The van der Waals surface area contributed by atoms with Crippen LogP contribution in [-0.2, 0) is 4.79 Å². The Balaban J connectivity index is 1.55. The lowest BCUT2D eigenvalue weighted by Crippen LogP contribution is -2.23. The smallest absolute Gasteiger partial charge is 0.302 e. The number of furan rings is 1. The zero-order valence-corrected chi connectivity index (χ0v) is 19.3. The number of halogens is 1. The molecule has 0 saturated heterocycles. The van der Waals surface area contributed by atoms with Crippen molar-refractivity contribution in [1.29, 1.82) is 0 Å². The molecule has 5 aromatic rings. The van der Waals surface area contributed by atoms with Gasteiger partial charge in [0.1, 0.15) is 16.9 Å². The summed E-state index contributed by atoms with van der Waals surface area (Å²) < 4.78 is 21.6. The first-order valence-electron chi connectivity index (χ1n) is 10.6. The molecule has 0 aliphatic carbocycles. The molecule has 0 saturated carbocycles. The normalized spacial score (nSPS) is 11.3. The maximum Gasteiger partial charge on any atom is 0.302 e. The maximum atomic E-state index is 14.7. The first-order valence-corrected chi connectivity index (χ1v) is 11.6. The highest BCUT2D eigenvalue weighted by molar-refractivity contribution is 7.99. The van der Waals surface area contributed by atoms with Crippen LogP contribution in [0.3, 0.4) is 0 Å². The summed E-state index contributed by atoms with van der Waals surface area (Å²) in [5.74, 6) is -0.863. The van der Waals surface area contributed by atoms with Gasteiger partial charge in [-0.2, -0.15) is 0 Å². The summed E-state index contributed by atoms with van der Waals surface area (Å²) in [6.45, 7) is 3.97. The highest BCUT2D eigenvalue weighted by atomic mass is 32.2. The average molecular weight is 474 g/mol. The molecule has 0 radical (unpaired) electrons. The molecule has 0 fully saturated rings. The fraction of sp³-hybridized carbons (Fsp3) is 0.115. The van der Waals surface area contributed by atoms with Crippen molar-refractivity contribution in [3.05, 3.63) is 94.0 Å². The van der Waals surface area contributed by atoms with Crippen molar-refractivity contribution in [1.82, 2.24) is 9.55 Å². The highest BCUT2D eigenvalue weighted by Gasteiger charge is 2.21. The first kappa shape index (κ1) is 21.9. The van der Waals surface area contributed by atoms with Gasteiger partial charge in [-0.05, 0) is 61.4 Å². The lowest BCUT2D eigenvalue weighted by Gasteiger charge is -2.12. The predicted octanol–water partition coefficient (Wildman–Crippen LogP) is 5.62. The van der Waals surface area contributed by atoms with Crippen LogP contribution in [0.15, 0.2) is 81.1 Å². The van der Waals surface area contributed by atoms with E-state index in [1.165, 1.54) is 12.1 Å². The van der Waals surface area contributed by atoms with Gasteiger partial charge in [-0.25, -0.2) is 13.9 Å². The predicted molar refractivity (Wildman–Crippen MR) is 132 cm³/mol. The van der Waals surface area contributed by atoms with E-state index in [0.29, 0.717) is 22.2 Å². The van der Waals surface area contributed by atoms with Crippen LogP contribution in [0.25, 0.3) is 27.8 Å². The van der Waals surface area contributed by atoms with Crippen LogP contribution in [0.4, 0.5) is 10.1 Å². The highest BCUT2D eigenvalue weighted by Crippen LogP contribution is 2.29. The van der Waals surface area contributed by atoms with E-state index >= 15 is 0 Å². The average Bonchev–Trinajstić information content (AvgIpc) is 3.20. The molecule has 0 unspecified atom stereocenters. The van der Waals surface area contributed by atoms with Crippen molar-refractivity contribution in [3.8, 4) is 5.69 Å². The minimum atomic E-state index is -0.580. The molecule has 5 rings (SSSR count). The zero-order chi connectivity index (χ0) is 23.8.